The molecule has 1 aliphatic rings. The van der Waals surface area contributed by atoms with Gasteiger partial charge in [0.25, 0.3) is 0 Å². The fourth-order valence-corrected chi connectivity index (χ4v) is 2.64. The van der Waals surface area contributed by atoms with Crippen molar-refractivity contribution >= 4 is 23.2 Å². The van der Waals surface area contributed by atoms with Gasteiger partial charge in [0.05, 0.1) is 10.6 Å². The quantitative estimate of drug-likeness (QED) is 0.891. The van der Waals surface area contributed by atoms with Crippen molar-refractivity contribution in [1.29, 1.82) is 0 Å². The number of carbonyl (C=O) groups is 1. The minimum Gasteiger partial charge on any atom is -0.382 e. The molecule has 0 spiro atoms. The van der Waals surface area contributed by atoms with E-state index in [2.05, 4.69) is 17.1 Å². The Kier molecular flexibility index (Phi) is 4.66. The van der Waals surface area contributed by atoms with Crippen molar-refractivity contribution in [2.75, 3.05) is 25.0 Å². The molecular formula is C14H20ClN3O. The number of carbonyl (C=O) groups excluding carboxylic acids is 1. The number of rotatable bonds is 4. The van der Waals surface area contributed by atoms with Gasteiger partial charge in [0.1, 0.15) is 0 Å². The summed E-state index contributed by atoms with van der Waals surface area (Å²) in [4.78, 5) is 13.7. The molecule has 0 unspecified atom stereocenters. The van der Waals surface area contributed by atoms with E-state index in [1.54, 1.807) is 12.1 Å². The van der Waals surface area contributed by atoms with Crippen molar-refractivity contribution in [2.45, 2.75) is 25.8 Å². The van der Waals surface area contributed by atoms with Crippen molar-refractivity contribution in [3.05, 3.63) is 28.8 Å². The summed E-state index contributed by atoms with van der Waals surface area (Å²) in [5.74, 6) is -0.491. The minimum absolute atomic E-state index is 0.373. The van der Waals surface area contributed by atoms with Gasteiger partial charge in [-0.05, 0) is 37.6 Å². The fraction of sp³-hybridized carbons (Fsp3) is 0.500. The van der Waals surface area contributed by atoms with Crippen LogP contribution in [0.1, 0.15) is 30.1 Å². The molecule has 0 atom stereocenters. The van der Waals surface area contributed by atoms with Gasteiger partial charge in [-0.15, -0.1) is 0 Å². The summed E-state index contributed by atoms with van der Waals surface area (Å²) >= 11 is 5.94. The van der Waals surface area contributed by atoms with Crippen molar-refractivity contribution in [2.24, 2.45) is 5.73 Å². The van der Waals surface area contributed by atoms with Gasteiger partial charge in [0.2, 0.25) is 5.91 Å². The monoisotopic (exact) mass is 281 g/mol. The topological polar surface area (TPSA) is 58.4 Å². The van der Waals surface area contributed by atoms with E-state index < -0.39 is 5.91 Å². The Morgan fingerprint density at radius 3 is 2.74 bits per heavy atom. The second-order valence-corrected chi connectivity index (χ2v) is 5.32. The second-order valence-electron chi connectivity index (χ2n) is 4.91. The van der Waals surface area contributed by atoms with Gasteiger partial charge < -0.3 is 16.0 Å². The summed E-state index contributed by atoms with van der Waals surface area (Å²) in [6, 6.07) is 5.79. The Balaban J connectivity index is 2.00. The normalized spacial score (nSPS) is 17.4. The maximum Gasteiger partial charge on any atom is 0.250 e. The number of anilines is 1. The van der Waals surface area contributed by atoms with E-state index in [0.29, 0.717) is 16.6 Å². The number of hydrogen-bond acceptors (Lipinski definition) is 3. The number of nitrogens with two attached hydrogens (primary N) is 1. The van der Waals surface area contributed by atoms with Crippen molar-refractivity contribution in [3.63, 3.8) is 0 Å². The van der Waals surface area contributed by atoms with E-state index in [4.69, 9.17) is 17.3 Å². The second kappa shape index (κ2) is 6.26. The highest BCUT2D eigenvalue weighted by Crippen LogP contribution is 2.22. The third kappa shape index (κ3) is 3.61. The number of halogens is 1. The molecule has 0 aromatic heterocycles. The Bertz CT molecular complexity index is 456. The zero-order chi connectivity index (χ0) is 13.8. The van der Waals surface area contributed by atoms with Crippen LogP contribution in [0.2, 0.25) is 5.02 Å². The molecule has 5 heteroatoms. The minimum atomic E-state index is -0.491. The summed E-state index contributed by atoms with van der Waals surface area (Å²) in [5.41, 5.74) is 6.58. The van der Waals surface area contributed by atoms with E-state index in [1.165, 1.54) is 0 Å². The van der Waals surface area contributed by atoms with Gasteiger partial charge >= 0.3 is 0 Å². The summed E-state index contributed by atoms with van der Waals surface area (Å²) in [5, 5.41) is 3.86. The van der Waals surface area contributed by atoms with Crippen LogP contribution in [0, 0.1) is 0 Å². The van der Waals surface area contributed by atoms with Gasteiger partial charge in [0, 0.05) is 24.8 Å². The van der Waals surface area contributed by atoms with E-state index in [9.17, 15) is 4.79 Å². The first kappa shape index (κ1) is 14.2. The Morgan fingerprint density at radius 1 is 1.47 bits per heavy atom. The zero-order valence-corrected chi connectivity index (χ0v) is 11.9. The molecule has 3 N–H and O–H groups in total. The molecule has 0 radical (unpaired) electrons. The van der Waals surface area contributed by atoms with Crippen molar-refractivity contribution in [3.8, 4) is 0 Å². The molecule has 0 saturated carbocycles. The van der Waals surface area contributed by atoms with Crippen LogP contribution in [0.3, 0.4) is 0 Å². The summed E-state index contributed by atoms with van der Waals surface area (Å²) in [6.07, 6.45) is 2.23. The highest BCUT2D eigenvalue weighted by molar-refractivity contribution is 6.33. The van der Waals surface area contributed by atoms with Gasteiger partial charge in [-0.25, -0.2) is 0 Å². The standard InChI is InChI=1S/C14H20ClN3O/c1-2-18-7-5-10(6-8-18)17-11-3-4-13(15)12(9-11)14(16)19/h3-4,9-10,17H,2,5-8H2,1H3,(H2,16,19). The fourth-order valence-electron chi connectivity index (χ4n) is 2.43. The molecule has 1 heterocycles. The molecule has 1 aliphatic heterocycles. The lowest BCUT2D eigenvalue weighted by Gasteiger charge is -2.32. The average Bonchev–Trinajstić information content (AvgIpc) is 2.41. The molecule has 104 valence electrons. The van der Waals surface area contributed by atoms with Crippen LogP contribution >= 0.6 is 11.6 Å². The van der Waals surface area contributed by atoms with Crippen LogP contribution < -0.4 is 11.1 Å². The molecule has 1 aromatic rings. The Hall–Kier alpha value is -1.26. The van der Waals surface area contributed by atoms with Crippen LogP contribution in [0.5, 0.6) is 0 Å². The molecule has 0 bridgehead atoms. The van der Waals surface area contributed by atoms with Gasteiger partial charge in [-0.3, -0.25) is 4.79 Å². The van der Waals surface area contributed by atoms with E-state index in [1.807, 2.05) is 6.07 Å². The van der Waals surface area contributed by atoms with Crippen LogP contribution in [0.4, 0.5) is 5.69 Å². The molecule has 1 aromatic carbocycles. The number of piperidine rings is 1. The van der Waals surface area contributed by atoms with Crippen LogP contribution in [-0.2, 0) is 0 Å². The zero-order valence-electron chi connectivity index (χ0n) is 11.2. The van der Waals surface area contributed by atoms with Crippen LogP contribution in [-0.4, -0.2) is 36.5 Å². The third-order valence-corrected chi connectivity index (χ3v) is 3.97. The maximum atomic E-state index is 11.3. The Morgan fingerprint density at radius 2 is 2.16 bits per heavy atom. The highest BCUT2D eigenvalue weighted by atomic mass is 35.5. The average molecular weight is 282 g/mol. The van der Waals surface area contributed by atoms with Gasteiger partial charge in [0.15, 0.2) is 0 Å². The largest absolute Gasteiger partial charge is 0.382 e. The van der Waals surface area contributed by atoms with Crippen LogP contribution in [0.15, 0.2) is 18.2 Å². The first-order valence-electron chi connectivity index (χ1n) is 6.68. The predicted octanol–water partition coefficient (Wildman–Crippen LogP) is 2.34. The number of likely N-dealkylation sites (tertiary alicyclic amines) is 1. The van der Waals surface area contributed by atoms with Gasteiger partial charge in [-0.2, -0.15) is 0 Å². The number of nitrogens with zero attached hydrogens (tertiary/aromatic N) is 1. The molecule has 1 amide bonds. The SMILES string of the molecule is CCN1CCC(Nc2ccc(Cl)c(C(N)=O)c2)CC1. The number of nitrogens with one attached hydrogen (secondary N) is 1. The molecule has 0 aliphatic carbocycles. The lowest BCUT2D eigenvalue weighted by atomic mass is 10.0. The van der Waals surface area contributed by atoms with Crippen molar-refractivity contribution in [1.82, 2.24) is 4.90 Å². The van der Waals surface area contributed by atoms with E-state index in [-0.39, 0.29) is 0 Å². The molecule has 1 saturated heterocycles. The van der Waals surface area contributed by atoms with Crippen LogP contribution in [0.25, 0.3) is 0 Å². The first-order chi connectivity index (χ1) is 9.10. The predicted molar refractivity (Wildman–Crippen MR) is 78.7 cm³/mol. The number of primary amides is 1. The molecule has 4 nitrogen and oxygen atoms in total. The molecule has 1 fully saturated rings. The molecule has 19 heavy (non-hydrogen) atoms. The van der Waals surface area contributed by atoms with Gasteiger partial charge in [-0.1, -0.05) is 18.5 Å². The lowest BCUT2D eigenvalue weighted by molar-refractivity contribution is 0.100. The number of hydrogen-bond donors (Lipinski definition) is 2. The number of benzene rings is 1. The lowest BCUT2D eigenvalue weighted by Crippen LogP contribution is -2.38. The van der Waals surface area contributed by atoms with E-state index in [0.717, 1.165) is 38.2 Å². The smallest absolute Gasteiger partial charge is 0.250 e. The highest BCUT2D eigenvalue weighted by Gasteiger charge is 2.18. The third-order valence-electron chi connectivity index (χ3n) is 3.64. The maximum absolute atomic E-state index is 11.3. The van der Waals surface area contributed by atoms with Crippen molar-refractivity contribution < 1.29 is 4.79 Å². The first-order valence-corrected chi connectivity index (χ1v) is 7.06. The number of amides is 1. The summed E-state index contributed by atoms with van der Waals surface area (Å²) in [6.45, 7) is 5.53. The molecule has 2 rings (SSSR count). The van der Waals surface area contributed by atoms with E-state index >= 15 is 0 Å². The molecular weight excluding hydrogens is 262 g/mol. The summed E-state index contributed by atoms with van der Waals surface area (Å²) < 4.78 is 0. The summed E-state index contributed by atoms with van der Waals surface area (Å²) in [7, 11) is 0. The Labute approximate surface area is 118 Å².